The maximum Gasteiger partial charge on any atom is 0.244 e. The standard InChI is InChI=1S/C23H31N5O4/c29-21-7-6-20(22(30)26-21)28-11-15-9-18(4-5-19(15)23(28)31)32-13-17-3-1-2-8-27(17)12-16-10-24-14-25-16/h4-5,9,14,16-17,20,23,31H,1-3,6-8,10-13H2,(H,24,25)(H,26,29,30)/t16?,17-,20?,23?/m0/s1. The Balaban J connectivity index is 1.21. The van der Waals surface area contributed by atoms with E-state index in [-0.39, 0.29) is 11.8 Å². The van der Waals surface area contributed by atoms with E-state index in [1.807, 2.05) is 18.2 Å². The van der Waals surface area contributed by atoms with Crippen molar-refractivity contribution in [2.75, 3.05) is 26.2 Å². The lowest BCUT2D eigenvalue weighted by Gasteiger charge is -2.36. The third kappa shape index (κ3) is 4.37. The number of hydrogen-bond donors (Lipinski definition) is 3. The summed E-state index contributed by atoms with van der Waals surface area (Å²) in [5.74, 6) is 0.208. The van der Waals surface area contributed by atoms with Gasteiger partial charge in [-0.05, 0) is 43.5 Å². The first kappa shape index (κ1) is 21.4. The van der Waals surface area contributed by atoms with Crippen LogP contribution in [0.4, 0.5) is 0 Å². The van der Waals surface area contributed by atoms with Crippen molar-refractivity contribution in [1.29, 1.82) is 0 Å². The highest BCUT2D eigenvalue weighted by molar-refractivity contribution is 6.00. The molecule has 0 aliphatic carbocycles. The maximum absolute atomic E-state index is 12.3. The molecule has 1 aromatic rings. The number of nitrogens with one attached hydrogen (secondary N) is 2. The van der Waals surface area contributed by atoms with E-state index in [2.05, 4.69) is 20.5 Å². The van der Waals surface area contributed by atoms with Gasteiger partial charge in [-0.25, -0.2) is 0 Å². The number of aliphatic hydroxyl groups is 1. The Morgan fingerprint density at radius 2 is 2.12 bits per heavy atom. The Hall–Kier alpha value is -2.49. The Bertz CT molecular complexity index is 898. The number of piperidine rings is 2. The molecule has 3 N–H and O–H groups in total. The van der Waals surface area contributed by atoms with E-state index in [1.54, 1.807) is 11.2 Å². The molecule has 4 heterocycles. The van der Waals surface area contributed by atoms with Gasteiger partial charge in [0.25, 0.3) is 0 Å². The Morgan fingerprint density at radius 1 is 1.22 bits per heavy atom. The molecule has 32 heavy (non-hydrogen) atoms. The third-order valence-corrected chi connectivity index (χ3v) is 7.04. The summed E-state index contributed by atoms with van der Waals surface area (Å²) >= 11 is 0. The zero-order valence-electron chi connectivity index (χ0n) is 18.2. The number of aliphatic imine (C=N–C) groups is 1. The van der Waals surface area contributed by atoms with Crippen molar-refractivity contribution in [2.45, 2.75) is 63.0 Å². The predicted octanol–water partition coefficient (Wildman–Crippen LogP) is 0.532. The molecule has 4 aliphatic rings. The number of imide groups is 1. The highest BCUT2D eigenvalue weighted by atomic mass is 16.5. The van der Waals surface area contributed by atoms with Crippen molar-refractivity contribution in [3.05, 3.63) is 29.3 Å². The summed E-state index contributed by atoms with van der Waals surface area (Å²) < 4.78 is 6.20. The second-order valence-corrected chi connectivity index (χ2v) is 9.19. The average Bonchev–Trinajstić information content (AvgIpc) is 3.41. The van der Waals surface area contributed by atoms with Crippen molar-refractivity contribution >= 4 is 18.2 Å². The number of nitrogens with zero attached hydrogens (tertiary/aromatic N) is 3. The molecular weight excluding hydrogens is 410 g/mol. The largest absolute Gasteiger partial charge is 0.492 e. The van der Waals surface area contributed by atoms with Crippen molar-refractivity contribution < 1.29 is 19.4 Å². The van der Waals surface area contributed by atoms with E-state index in [0.717, 1.165) is 42.9 Å². The fraction of sp³-hybridized carbons (Fsp3) is 0.609. The fourth-order valence-electron chi connectivity index (χ4n) is 5.27. The number of benzene rings is 1. The number of amides is 2. The molecule has 9 heteroatoms. The topological polar surface area (TPSA) is 106 Å². The number of hydrogen-bond acceptors (Lipinski definition) is 8. The Kier molecular flexibility index (Phi) is 6.12. The van der Waals surface area contributed by atoms with Gasteiger partial charge in [0.2, 0.25) is 11.8 Å². The normalized spacial score (nSPS) is 30.8. The van der Waals surface area contributed by atoms with Gasteiger partial charge >= 0.3 is 0 Å². The van der Waals surface area contributed by atoms with Crippen LogP contribution < -0.4 is 15.4 Å². The van der Waals surface area contributed by atoms with Crippen LogP contribution in [0.2, 0.25) is 0 Å². The van der Waals surface area contributed by atoms with E-state index in [9.17, 15) is 14.7 Å². The average molecular weight is 442 g/mol. The van der Waals surface area contributed by atoms with Gasteiger partial charge in [-0.15, -0.1) is 0 Å². The lowest BCUT2D eigenvalue weighted by molar-refractivity contribution is -0.141. The minimum Gasteiger partial charge on any atom is -0.492 e. The molecule has 0 aromatic heterocycles. The van der Waals surface area contributed by atoms with E-state index >= 15 is 0 Å². The van der Waals surface area contributed by atoms with Crippen molar-refractivity contribution in [2.24, 2.45) is 4.99 Å². The highest BCUT2D eigenvalue weighted by Gasteiger charge is 2.39. The van der Waals surface area contributed by atoms with Gasteiger partial charge in [-0.3, -0.25) is 29.7 Å². The predicted molar refractivity (Wildman–Crippen MR) is 118 cm³/mol. The molecule has 4 atom stereocenters. The molecule has 3 unspecified atom stereocenters. The van der Waals surface area contributed by atoms with Gasteiger partial charge in [0.15, 0.2) is 0 Å². The number of rotatable bonds is 6. The van der Waals surface area contributed by atoms with Crippen LogP contribution in [0.3, 0.4) is 0 Å². The molecule has 0 saturated carbocycles. The number of fused-ring (bicyclic) bond motifs is 1. The van der Waals surface area contributed by atoms with Crippen LogP contribution in [-0.2, 0) is 16.1 Å². The van der Waals surface area contributed by atoms with Gasteiger partial charge in [0.05, 0.1) is 25.0 Å². The molecular formula is C23H31N5O4. The highest BCUT2D eigenvalue weighted by Crippen LogP contribution is 2.37. The SMILES string of the molecule is O=C1CCC(N2Cc3cc(OC[C@@H]4CCCCN4CC4CN=CN4)ccc3C2O)C(=O)N1. The van der Waals surface area contributed by atoms with Crippen LogP contribution in [0.25, 0.3) is 0 Å². The molecule has 4 aliphatic heterocycles. The van der Waals surface area contributed by atoms with Crippen LogP contribution in [0.15, 0.2) is 23.2 Å². The molecule has 1 aromatic carbocycles. The first-order chi connectivity index (χ1) is 15.6. The first-order valence-corrected chi connectivity index (χ1v) is 11.6. The summed E-state index contributed by atoms with van der Waals surface area (Å²) in [6.07, 6.45) is 5.24. The smallest absolute Gasteiger partial charge is 0.244 e. The second kappa shape index (κ2) is 9.17. The van der Waals surface area contributed by atoms with Crippen LogP contribution >= 0.6 is 0 Å². The number of aliphatic hydroxyl groups excluding tert-OH is 1. The zero-order chi connectivity index (χ0) is 22.1. The summed E-state index contributed by atoms with van der Waals surface area (Å²) in [4.78, 5) is 32.3. The summed E-state index contributed by atoms with van der Waals surface area (Å²) in [6, 6.07) is 6.03. The van der Waals surface area contributed by atoms with Crippen LogP contribution in [0, 0.1) is 0 Å². The molecule has 0 radical (unpaired) electrons. The lowest BCUT2D eigenvalue weighted by atomic mass is 10.0. The van der Waals surface area contributed by atoms with Gasteiger partial charge in [-0.1, -0.05) is 12.5 Å². The maximum atomic E-state index is 12.3. The molecule has 2 fully saturated rings. The first-order valence-electron chi connectivity index (χ1n) is 11.6. The van der Waals surface area contributed by atoms with Crippen LogP contribution in [0.5, 0.6) is 5.75 Å². The molecule has 172 valence electrons. The number of carbonyl (C=O) groups excluding carboxylic acids is 2. The number of carbonyl (C=O) groups is 2. The van der Waals surface area contributed by atoms with Crippen molar-refractivity contribution in [3.63, 3.8) is 0 Å². The minimum absolute atomic E-state index is 0.249. The fourth-order valence-corrected chi connectivity index (χ4v) is 5.27. The molecule has 9 nitrogen and oxygen atoms in total. The van der Waals surface area contributed by atoms with Gasteiger partial charge < -0.3 is 15.2 Å². The molecule has 2 amide bonds. The van der Waals surface area contributed by atoms with Crippen molar-refractivity contribution in [1.82, 2.24) is 20.4 Å². The van der Waals surface area contributed by atoms with Gasteiger partial charge in [0, 0.05) is 31.1 Å². The third-order valence-electron chi connectivity index (χ3n) is 7.04. The molecule has 0 spiro atoms. The monoisotopic (exact) mass is 441 g/mol. The summed E-state index contributed by atoms with van der Waals surface area (Å²) in [6.45, 7) is 3.99. The quantitative estimate of drug-likeness (QED) is 0.553. The van der Waals surface area contributed by atoms with Crippen LogP contribution in [-0.4, -0.2) is 77.4 Å². The molecule has 2 saturated heterocycles. The van der Waals surface area contributed by atoms with Gasteiger partial charge in [-0.2, -0.15) is 0 Å². The van der Waals surface area contributed by atoms with Gasteiger partial charge in [0.1, 0.15) is 18.6 Å². The number of likely N-dealkylation sites (tertiary alicyclic amines) is 1. The van der Waals surface area contributed by atoms with Crippen molar-refractivity contribution in [3.8, 4) is 5.75 Å². The Labute approximate surface area is 187 Å². The summed E-state index contributed by atoms with van der Waals surface area (Å²) in [5.41, 5.74) is 1.76. The zero-order valence-corrected chi connectivity index (χ0v) is 18.2. The number of ether oxygens (including phenoxy) is 1. The summed E-state index contributed by atoms with van der Waals surface area (Å²) in [5, 5.41) is 16.5. The van der Waals surface area contributed by atoms with Crippen LogP contribution in [0.1, 0.15) is 49.5 Å². The van der Waals surface area contributed by atoms with E-state index in [1.165, 1.54) is 12.8 Å². The van der Waals surface area contributed by atoms with E-state index in [0.29, 0.717) is 38.1 Å². The minimum atomic E-state index is -0.849. The molecule has 5 rings (SSSR count). The molecule has 0 bridgehead atoms. The van der Waals surface area contributed by atoms with E-state index in [4.69, 9.17) is 4.74 Å². The second-order valence-electron chi connectivity index (χ2n) is 9.19. The van der Waals surface area contributed by atoms with E-state index < -0.39 is 12.3 Å². The summed E-state index contributed by atoms with van der Waals surface area (Å²) in [7, 11) is 0. The lowest BCUT2D eigenvalue weighted by Crippen LogP contribution is -2.51. The Morgan fingerprint density at radius 3 is 2.94 bits per heavy atom.